The Balaban J connectivity index is 1.51. The van der Waals surface area contributed by atoms with Gasteiger partial charge < -0.3 is 36.7 Å². The van der Waals surface area contributed by atoms with Crippen LogP contribution in [0.15, 0.2) is 21.4 Å². The molecule has 3 atom stereocenters. The van der Waals surface area contributed by atoms with Crippen LogP contribution in [0.25, 0.3) is 0 Å². The van der Waals surface area contributed by atoms with E-state index >= 15 is 0 Å². The zero-order valence-electron chi connectivity index (χ0n) is 23.3. The number of aliphatic carboxylic acids is 2. The lowest BCUT2D eigenvalue weighted by Crippen LogP contribution is -2.71. The Morgan fingerprint density at radius 2 is 2.05 bits per heavy atom. The number of aliphatic imine (C=N–C) groups is 1. The average Bonchev–Trinajstić information content (AvgIpc) is 3.36. The summed E-state index contributed by atoms with van der Waals surface area (Å²) < 4.78 is 3.93. The number of β-lactam (4-membered cyclic amide) rings is 1. The highest BCUT2D eigenvalue weighted by Gasteiger charge is 2.54. The monoisotopic (exact) mass is 654 g/mol. The molecule has 0 bridgehead atoms. The fourth-order valence-electron chi connectivity index (χ4n) is 4.16. The van der Waals surface area contributed by atoms with Gasteiger partial charge in [-0.05, 0) is 25.8 Å². The van der Waals surface area contributed by atoms with Crippen LogP contribution in [0.4, 0.5) is 5.13 Å². The van der Waals surface area contributed by atoms with Crippen molar-refractivity contribution in [1.29, 1.82) is 5.41 Å². The van der Waals surface area contributed by atoms with Gasteiger partial charge in [0.05, 0.1) is 6.17 Å². The van der Waals surface area contributed by atoms with E-state index in [0.717, 1.165) is 22.9 Å². The lowest BCUT2D eigenvalue weighted by Gasteiger charge is -2.49. The van der Waals surface area contributed by atoms with E-state index in [1.807, 2.05) is 11.8 Å². The molecule has 43 heavy (non-hydrogen) atoms. The van der Waals surface area contributed by atoms with Crippen molar-refractivity contribution in [3.63, 3.8) is 0 Å². The minimum absolute atomic E-state index is 0.0131. The smallest absolute Gasteiger partial charge is 0.352 e. The highest BCUT2D eigenvalue weighted by atomic mass is 32.2. The van der Waals surface area contributed by atoms with Crippen molar-refractivity contribution in [2.45, 2.75) is 56.8 Å². The molecule has 3 aliphatic heterocycles. The second-order valence-electron chi connectivity index (χ2n) is 10.0. The summed E-state index contributed by atoms with van der Waals surface area (Å²) in [5.74, 6) is -3.89. The quantitative estimate of drug-likeness (QED) is 0.103. The lowest BCUT2D eigenvalue weighted by molar-refractivity contribution is -0.161. The zero-order chi connectivity index (χ0) is 31.6. The minimum Gasteiger partial charge on any atom is -0.478 e. The van der Waals surface area contributed by atoms with E-state index in [4.69, 9.17) is 21.7 Å². The van der Waals surface area contributed by atoms with Gasteiger partial charge in [-0.2, -0.15) is 9.36 Å². The molecule has 3 aliphatic rings. The van der Waals surface area contributed by atoms with E-state index in [-0.39, 0.29) is 34.0 Å². The SMILES string of the molecule is CCCN1C(SCC2=C(C(=O)O)N3C(=O)C(NC(=O)C(=NOC(C)(C)C(=O)O)c4nsc(N)n4)[C@@H]3SC2)=NC(=N)CC1N. The maximum absolute atomic E-state index is 13.2. The molecular weight excluding hydrogens is 625 g/mol. The molecule has 1 aromatic rings. The van der Waals surface area contributed by atoms with Gasteiger partial charge in [0.2, 0.25) is 17.1 Å². The molecule has 1 aromatic heterocycles. The highest BCUT2D eigenvalue weighted by Crippen LogP contribution is 2.41. The van der Waals surface area contributed by atoms with Crippen LogP contribution in [-0.2, 0) is 24.0 Å². The Hall–Kier alpha value is -3.75. The van der Waals surface area contributed by atoms with E-state index < -0.39 is 52.6 Å². The Bertz CT molecular complexity index is 1440. The lowest BCUT2D eigenvalue weighted by atomic mass is 10.0. The molecule has 2 unspecified atom stereocenters. The van der Waals surface area contributed by atoms with Gasteiger partial charge in [-0.15, -0.1) is 11.8 Å². The van der Waals surface area contributed by atoms with Crippen molar-refractivity contribution < 1.29 is 34.2 Å². The maximum Gasteiger partial charge on any atom is 0.352 e. The topological polar surface area (TPSA) is 263 Å². The summed E-state index contributed by atoms with van der Waals surface area (Å²) in [7, 11) is 0. The van der Waals surface area contributed by atoms with Gasteiger partial charge in [-0.25, -0.2) is 14.6 Å². The first-order valence-corrected chi connectivity index (χ1v) is 15.7. The van der Waals surface area contributed by atoms with E-state index in [1.54, 1.807) is 0 Å². The fourth-order valence-corrected chi connectivity index (χ4v) is 7.18. The zero-order valence-corrected chi connectivity index (χ0v) is 25.7. The fraction of sp³-hybridized carbons (Fsp3) is 0.522. The number of nitrogens with one attached hydrogen (secondary N) is 2. The number of rotatable bonds is 11. The standard InChI is InChI=1S/C23H30N10O7S3/c1-4-5-32-11(25)6-10(24)27-22(32)42-8-9-7-41-18-13(17(35)33(18)14(9)19(36)37)28-16(34)12(15-29-21(26)43-31-15)30-40-23(2,3)20(38)39/h11,13,18,24H,4-8,25H2,1-3H3,(H,28,34)(H,36,37)(H,38,39)(H2,26,29,31)/t11?,13?,18-/m0/s1. The van der Waals surface area contributed by atoms with Gasteiger partial charge in [0.25, 0.3) is 11.8 Å². The number of carbonyl (C=O) groups is 4. The third-order valence-corrected chi connectivity index (χ3v) is 9.36. The van der Waals surface area contributed by atoms with Crippen molar-refractivity contribution >= 4 is 80.7 Å². The average molecular weight is 655 g/mol. The molecule has 232 valence electrons. The molecule has 20 heteroatoms. The van der Waals surface area contributed by atoms with Crippen molar-refractivity contribution in [3.05, 3.63) is 17.1 Å². The summed E-state index contributed by atoms with van der Waals surface area (Å²) in [6, 6.07) is -1.11. The number of carboxylic acid groups (broad SMARTS) is 2. The second-order valence-corrected chi connectivity index (χ2v) is 12.8. The van der Waals surface area contributed by atoms with Crippen LogP contribution in [0.5, 0.6) is 0 Å². The van der Waals surface area contributed by atoms with Crippen molar-refractivity contribution in [2.75, 3.05) is 23.8 Å². The molecule has 17 nitrogen and oxygen atoms in total. The molecular formula is C23H30N10O7S3. The first-order valence-electron chi connectivity index (χ1n) is 12.9. The van der Waals surface area contributed by atoms with Crippen molar-refractivity contribution in [2.24, 2.45) is 15.9 Å². The summed E-state index contributed by atoms with van der Waals surface area (Å²) >= 11 is 3.29. The Labute approximate surface area is 257 Å². The number of thioether (sulfide) groups is 2. The maximum atomic E-state index is 13.2. The van der Waals surface area contributed by atoms with Crippen LogP contribution in [0.1, 0.15) is 39.4 Å². The number of hydrogen-bond acceptors (Lipinski definition) is 15. The van der Waals surface area contributed by atoms with Crippen LogP contribution >= 0.6 is 35.1 Å². The highest BCUT2D eigenvalue weighted by molar-refractivity contribution is 8.14. The van der Waals surface area contributed by atoms with Gasteiger partial charge in [-0.1, -0.05) is 23.8 Å². The molecule has 2 amide bonds. The molecule has 0 aliphatic carbocycles. The van der Waals surface area contributed by atoms with E-state index in [1.165, 1.54) is 37.4 Å². The van der Waals surface area contributed by atoms with Crippen LogP contribution in [0.2, 0.25) is 0 Å². The van der Waals surface area contributed by atoms with Gasteiger partial charge >= 0.3 is 11.9 Å². The molecule has 0 aromatic carbocycles. The summed E-state index contributed by atoms with van der Waals surface area (Å²) in [6.07, 6.45) is 0.706. The minimum atomic E-state index is -1.80. The summed E-state index contributed by atoms with van der Waals surface area (Å²) in [4.78, 5) is 66.5. The van der Waals surface area contributed by atoms with E-state index in [0.29, 0.717) is 23.7 Å². The van der Waals surface area contributed by atoms with Crippen LogP contribution in [0.3, 0.4) is 0 Å². The second kappa shape index (κ2) is 12.9. The van der Waals surface area contributed by atoms with Gasteiger partial charge in [-0.3, -0.25) is 19.9 Å². The Morgan fingerprint density at radius 3 is 2.65 bits per heavy atom. The molecule has 4 rings (SSSR count). The third kappa shape index (κ3) is 6.76. The molecule has 8 N–H and O–H groups in total. The number of amides is 2. The Kier molecular flexibility index (Phi) is 9.62. The van der Waals surface area contributed by atoms with Gasteiger partial charge in [0.1, 0.15) is 22.9 Å². The number of carbonyl (C=O) groups excluding carboxylic acids is 2. The molecule has 0 radical (unpaired) electrons. The molecule has 0 spiro atoms. The number of carboxylic acids is 2. The summed E-state index contributed by atoms with van der Waals surface area (Å²) in [5.41, 5.74) is 9.83. The number of amidine groups is 2. The predicted molar refractivity (Wildman–Crippen MR) is 161 cm³/mol. The van der Waals surface area contributed by atoms with Crippen molar-refractivity contribution in [3.8, 4) is 0 Å². The normalized spacial score (nSPS) is 22.6. The number of aromatic nitrogens is 2. The Morgan fingerprint density at radius 1 is 1.33 bits per heavy atom. The number of nitrogen functional groups attached to an aromatic ring is 1. The van der Waals surface area contributed by atoms with Crippen LogP contribution in [-0.4, -0.2) is 111 Å². The number of nitrogens with two attached hydrogens (primary N) is 2. The molecule has 0 saturated carbocycles. The van der Waals surface area contributed by atoms with Gasteiger partial charge in [0, 0.05) is 36.0 Å². The summed E-state index contributed by atoms with van der Waals surface area (Å²) in [6.45, 7) is 5.06. The van der Waals surface area contributed by atoms with E-state index in [2.05, 4.69) is 24.8 Å². The molecule has 1 fully saturated rings. The number of nitrogens with zero attached hydrogens (tertiary/aromatic N) is 6. The van der Waals surface area contributed by atoms with Crippen molar-refractivity contribution in [1.82, 2.24) is 24.5 Å². The third-order valence-electron chi connectivity index (χ3n) is 6.40. The number of anilines is 1. The first-order chi connectivity index (χ1) is 20.2. The largest absolute Gasteiger partial charge is 0.478 e. The molecule has 4 heterocycles. The van der Waals surface area contributed by atoms with E-state index in [9.17, 15) is 29.4 Å². The predicted octanol–water partition coefficient (Wildman–Crippen LogP) is -0.0902. The first kappa shape index (κ1) is 32.2. The number of fused-ring (bicyclic) bond motifs is 1. The van der Waals surface area contributed by atoms with Crippen LogP contribution in [0, 0.1) is 5.41 Å². The summed E-state index contributed by atoms with van der Waals surface area (Å²) in [5, 5.41) is 33.3. The molecule has 1 saturated heterocycles. The number of oxime groups is 1. The van der Waals surface area contributed by atoms with Crippen LogP contribution < -0.4 is 16.8 Å². The van der Waals surface area contributed by atoms with Gasteiger partial charge in [0.15, 0.2) is 10.3 Å². The number of hydrogen-bond donors (Lipinski definition) is 6.